The lowest BCUT2D eigenvalue weighted by atomic mass is 9.92. The van der Waals surface area contributed by atoms with Crippen LogP contribution >= 0.6 is 11.6 Å². The minimum absolute atomic E-state index is 0.134. The summed E-state index contributed by atoms with van der Waals surface area (Å²) in [7, 11) is 1.57. The first-order valence-electron chi connectivity index (χ1n) is 7.57. The van der Waals surface area contributed by atoms with Crippen LogP contribution in [0.3, 0.4) is 0 Å². The smallest absolute Gasteiger partial charge is 0.179 e. The normalized spacial score (nSPS) is 12.0. The van der Waals surface area contributed by atoms with Crippen molar-refractivity contribution in [1.29, 1.82) is 0 Å². The Balaban J connectivity index is 2.28. The van der Waals surface area contributed by atoms with Crippen molar-refractivity contribution >= 4 is 11.6 Å². The third-order valence-corrected chi connectivity index (χ3v) is 3.99. The van der Waals surface area contributed by atoms with E-state index >= 15 is 0 Å². The van der Waals surface area contributed by atoms with Crippen LogP contribution in [-0.2, 0) is 6.42 Å². The van der Waals surface area contributed by atoms with Crippen molar-refractivity contribution < 1.29 is 14.6 Å². The molecule has 0 radical (unpaired) electrons. The molecule has 0 fully saturated rings. The zero-order chi connectivity index (χ0) is 16.8. The molecule has 0 aromatic heterocycles. The highest BCUT2D eigenvalue weighted by Crippen LogP contribution is 2.37. The molecule has 0 saturated carbocycles. The lowest BCUT2D eigenvalue weighted by molar-refractivity contribution is 0.310. The van der Waals surface area contributed by atoms with Crippen LogP contribution in [0.25, 0.3) is 0 Å². The molecule has 0 aliphatic heterocycles. The van der Waals surface area contributed by atoms with Crippen LogP contribution in [0.4, 0.5) is 0 Å². The van der Waals surface area contributed by atoms with Crippen molar-refractivity contribution in [3.63, 3.8) is 0 Å². The Labute approximate surface area is 141 Å². The quantitative estimate of drug-likeness (QED) is 0.809. The molecule has 0 aliphatic rings. The van der Waals surface area contributed by atoms with E-state index in [9.17, 15) is 5.11 Å². The van der Waals surface area contributed by atoms with Gasteiger partial charge in [0.1, 0.15) is 5.75 Å². The average Bonchev–Trinajstić information content (AvgIpc) is 2.54. The Morgan fingerprint density at radius 3 is 2.48 bits per heavy atom. The van der Waals surface area contributed by atoms with Gasteiger partial charge in [0.05, 0.1) is 18.7 Å². The molecular formula is C18H22ClNO3. The van der Waals surface area contributed by atoms with E-state index in [0.717, 1.165) is 17.5 Å². The van der Waals surface area contributed by atoms with E-state index in [1.807, 2.05) is 31.2 Å². The summed E-state index contributed by atoms with van der Waals surface area (Å²) in [4.78, 5) is 0. The van der Waals surface area contributed by atoms with Gasteiger partial charge in [-0.15, -0.1) is 0 Å². The van der Waals surface area contributed by atoms with Gasteiger partial charge in [-0.05, 0) is 55.3 Å². The number of hydrogen-bond donors (Lipinski definition) is 2. The van der Waals surface area contributed by atoms with Crippen molar-refractivity contribution in [2.45, 2.75) is 19.3 Å². The van der Waals surface area contributed by atoms with Gasteiger partial charge in [0, 0.05) is 5.92 Å². The van der Waals surface area contributed by atoms with E-state index in [-0.39, 0.29) is 11.7 Å². The number of nitrogens with two attached hydrogens (primary N) is 1. The minimum atomic E-state index is 0.134. The van der Waals surface area contributed by atoms with Gasteiger partial charge < -0.3 is 20.3 Å². The molecule has 3 N–H and O–H groups in total. The van der Waals surface area contributed by atoms with Crippen LogP contribution < -0.4 is 15.2 Å². The Morgan fingerprint density at radius 2 is 1.91 bits per heavy atom. The first-order chi connectivity index (χ1) is 11.1. The first kappa shape index (κ1) is 17.4. The molecule has 124 valence electrons. The van der Waals surface area contributed by atoms with E-state index in [1.165, 1.54) is 0 Å². The molecule has 0 spiro atoms. The molecule has 0 saturated heterocycles. The summed E-state index contributed by atoms with van der Waals surface area (Å²) in [5.74, 6) is 1.57. The van der Waals surface area contributed by atoms with Crippen LogP contribution in [0.1, 0.15) is 24.0 Å². The molecule has 2 aromatic rings. The van der Waals surface area contributed by atoms with Crippen molar-refractivity contribution in [1.82, 2.24) is 0 Å². The van der Waals surface area contributed by atoms with E-state index in [0.29, 0.717) is 29.7 Å². The Morgan fingerprint density at radius 1 is 1.22 bits per heavy atom. The second kappa shape index (κ2) is 8.09. The Bertz CT molecular complexity index is 643. The fourth-order valence-electron chi connectivity index (χ4n) is 2.57. The summed E-state index contributed by atoms with van der Waals surface area (Å²) < 4.78 is 10.9. The molecule has 0 aliphatic carbocycles. The zero-order valence-electron chi connectivity index (χ0n) is 13.4. The lowest BCUT2D eigenvalue weighted by Crippen LogP contribution is -2.15. The number of halogens is 1. The molecule has 2 aromatic carbocycles. The van der Waals surface area contributed by atoms with E-state index in [4.69, 9.17) is 26.8 Å². The summed E-state index contributed by atoms with van der Waals surface area (Å²) in [5.41, 5.74) is 8.04. The topological polar surface area (TPSA) is 64.7 Å². The molecule has 1 atom stereocenters. The largest absolute Gasteiger partial charge is 0.508 e. The Hall–Kier alpha value is -1.91. The predicted octanol–water partition coefficient (Wildman–Crippen LogP) is 3.74. The molecule has 5 heteroatoms. The van der Waals surface area contributed by atoms with Crippen LogP contribution in [0, 0.1) is 0 Å². The number of aromatic hydroxyl groups is 1. The Kier molecular flexibility index (Phi) is 6.13. The standard InChI is InChI=1S/C18H22ClNO3/c1-3-23-17-10-12(9-16(19)18(17)22-2)8-14(11-20)13-4-6-15(21)7-5-13/h4-7,9-10,14,21H,3,8,11,20H2,1-2H3. The van der Waals surface area contributed by atoms with Gasteiger partial charge in [0.2, 0.25) is 0 Å². The highest BCUT2D eigenvalue weighted by molar-refractivity contribution is 6.32. The zero-order valence-corrected chi connectivity index (χ0v) is 14.1. The van der Waals surface area contributed by atoms with Gasteiger partial charge in [-0.1, -0.05) is 23.7 Å². The summed E-state index contributed by atoms with van der Waals surface area (Å²) in [6, 6.07) is 10.9. The molecule has 23 heavy (non-hydrogen) atoms. The fourth-order valence-corrected chi connectivity index (χ4v) is 2.88. The predicted molar refractivity (Wildman–Crippen MR) is 92.8 cm³/mol. The van der Waals surface area contributed by atoms with E-state index in [1.54, 1.807) is 19.2 Å². The molecule has 0 bridgehead atoms. The average molecular weight is 336 g/mol. The van der Waals surface area contributed by atoms with Crippen LogP contribution in [0.2, 0.25) is 5.02 Å². The molecule has 4 nitrogen and oxygen atoms in total. The van der Waals surface area contributed by atoms with E-state index < -0.39 is 0 Å². The second-order valence-electron chi connectivity index (χ2n) is 5.27. The number of phenolic OH excluding ortho intramolecular Hbond substituents is 1. The first-order valence-corrected chi connectivity index (χ1v) is 7.95. The van der Waals surface area contributed by atoms with Crippen molar-refractivity contribution in [2.24, 2.45) is 5.73 Å². The van der Waals surface area contributed by atoms with Gasteiger partial charge in [0.25, 0.3) is 0 Å². The summed E-state index contributed by atoms with van der Waals surface area (Å²) in [6.07, 6.45) is 0.727. The minimum Gasteiger partial charge on any atom is -0.508 e. The molecule has 1 unspecified atom stereocenters. The molecule has 2 rings (SSSR count). The molecule has 0 amide bonds. The summed E-state index contributed by atoms with van der Waals surface area (Å²) >= 11 is 6.29. The fraction of sp³-hybridized carbons (Fsp3) is 0.333. The number of rotatable bonds is 7. The van der Waals surface area contributed by atoms with Crippen molar-refractivity contribution in [3.05, 3.63) is 52.5 Å². The summed E-state index contributed by atoms with van der Waals surface area (Å²) in [5, 5.41) is 9.93. The molecule has 0 heterocycles. The molecular weight excluding hydrogens is 314 g/mol. The number of benzene rings is 2. The van der Waals surface area contributed by atoms with Gasteiger partial charge in [-0.25, -0.2) is 0 Å². The van der Waals surface area contributed by atoms with Gasteiger partial charge in [0.15, 0.2) is 11.5 Å². The number of ether oxygens (including phenoxy) is 2. The second-order valence-corrected chi connectivity index (χ2v) is 5.68. The van der Waals surface area contributed by atoms with E-state index in [2.05, 4.69) is 0 Å². The number of hydrogen-bond acceptors (Lipinski definition) is 4. The maximum atomic E-state index is 9.41. The third-order valence-electron chi connectivity index (χ3n) is 3.70. The summed E-state index contributed by atoms with van der Waals surface area (Å²) in [6.45, 7) is 2.95. The highest BCUT2D eigenvalue weighted by Gasteiger charge is 2.16. The SMILES string of the molecule is CCOc1cc(CC(CN)c2ccc(O)cc2)cc(Cl)c1OC. The lowest BCUT2D eigenvalue weighted by Gasteiger charge is -2.18. The number of methoxy groups -OCH3 is 1. The monoisotopic (exact) mass is 335 g/mol. The van der Waals surface area contributed by atoms with Gasteiger partial charge in [-0.2, -0.15) is 0 Å². The van der Waals surface area contributed by atoms with Crippen molar-refractivity contribution in [2.75, 3.05) is 20.3 Å². The maximum absolute atomic E-state index is 9.41. The van der Waals surface area contributed by atoms with Crippen LogP contribution in [0.5, 0.6) is 17.2 Å². The van der Waals surface area contributed by atoms with Crippen molar-refractivity contribution in [3.8, 4) is 17.2 Å². The third kappa shape index (κ3) is 4.30. The maximum Gasteiger partial charge on any atom is 0.179 e. The van der Waals surface area contributed by atoms with Gasteiger partial charge in [-0.3, -0.25) is 0 Å². The van der Waals surface area contributed by atoms with Crippen LogP contribution in [0.15, 0.2) is 36.4 Å². The highest BCUT2D eigenvalue weighted by atomic mass is 35.5. The van der Waals surface area contributed by atoms with Gasteiger partial charge >= 0.3 is 0 Å². The van der Waals surface area contributed by atoms with Crippen LogP contribution in [-0.4, -0.2) is 25.4 Å². The number of phenols is 1.